The molecule has 2 heterocycles. The number of aryl methyl sites for hydroxylation is 1. The van der Waals surface area contributed by atoms with Gasteiger partial charge in [0.05, 0.1) is 5.69 Å². The van der Waals surface area contributed by atoms with Crippen LogP contribution in [0.2, 0.25) is 0 Å². The molecular weight excluding hydrogens is 382 g/mol. The minimum absolute atomic E-state index is 0.377. The van der Waals surface area contributed by atoms with Crippen LogP contribution in [0.5, 0.6) is 0 Å². The molecule has 2 aromatic carbocycles. The molecule has 0 aliphatic carbocycles. The van der Waals surface area contributed by atoms with Crippen LogP contribution in [0, 0.1) is 6.92 Å². The van der Waals surface area contributed by atoms with Gasteiger partial charge in [-0.15, -0.1) is 0 Å². The highest BCUT2D eigenvalue weighted by Gasteiger charge is 2.49. The minimum atomic E-state index is -1.20. The molecule has 1 aromatic heterocycles. The van der Waals surface area contributed by atoms with Crippen molar-refractivity contribution in [3.8, 4) is 5.69 Å². The maximum atomic E-state index is 13.0. The van der Waals surface area contributed by atoms with E-state index < -0.39 is 23.4 Å². The third-order valence-corrected chi connectivity index (χ3v) is 5.10. The first-order chi connectivity index (χ1) is 14.4. The van der Waals surface area contributed by atoms with Gasteiger partial charge in [-0.25, -0.2) is 9.48 Å². The Morgan fingerprint density at radius 2 is 1.90 bits per heavy atom. The Bertz CT molecular complexity index is 1110. The lowest BCUT2D eigenvalue weighted by Crippen LogP contribution is -2.42. The van der Waals surface area contributed by atoms with Crippen LogP contribution >= 0.6 is 0 Å². The number of imide groups is 1. The van der Waals surface area contributed by atoms with E-state index in [9.17, 15) is 14.4 Å². The lowest BCUT2D eigenvalue weighted by molar-refractivity contribution is -0.133. The number of urea groups is 1. The maximum absolute atomic E-state index is 13.0. The monoisotopic (exact) mass is 403 g/mol. The van der Waals surface area contributed by atoms with E-state index in [-0.39, 0.29) is 6.54 Å². The van der Waals surface area contributed by atoms with Crippen LogP contribution in [-0.2, 0) is 15.1 Å². The van der Waals surface area contributed by atoms with Crippen molar-refractivity contribution in [2.45, 2.75) is 19.4 Å². The van der Waals surface area contributed by atoms with Gasteiger partial charge < -0.3 is 10.6 Å². The number of nitrogens with zero attached hydrogens (tertiary/aromatic N) is 3. The summed E-state index contributed by atoms with van der Waals surface area (Å²) >= 11 is 0. The fourth-order valence-electron chi connectivity index (χ4n) is 3.41. The van der Waals surface area contributed by atoms with Crippen LogP contribution in [0.1, 0.15) is 18.1 Å². The fourth-order valence-corrected chi connectivity index (χ4v) is 3.41. The second-order valence-corrected chi connectivity index (χ2v) is 7.36. The quantitative estimate of drug-likeness (QED) is 0.640. The topological polar surface area (TPSA) is 96.3 Å². The Hall–Kier alpha value is -3.94. The molecule has 4 amide bonds. The summed E-state index contributed by atoms with van der Waals surface area (Å²) in [6, 6.07) is 15.7. The number of carbonyl (C=O) groups is 3. The smallest absolute Gasteiger partial charge is 0.324 e. The Labute approximate surface area is 173 Å². The standard InChI is InChI=1S/C22H21N5O3/c1-15-7-9-16(10-8-15)22(2)20(29)26(21(30)25-22)14-19(28)24-17-5-3-6-18(13-17)27-12-4-11-23-27/h3-13H,14H2,1-2H3,(H,24,28)(H,25,30). The number of hydrogen-bond donors (Lipinski definition) is 2. The first-order valence-corrected chi connectivity index (χ1v) is 9.48. The molecule has 1 aliphatic heterocycles. The summed E-state index contributed by atoms with van der Waals surface area (Å²) in [5.41, 5.74) is 1.83. The van der Waals surface area contributed by atoms with Crippen LogP contribution in [-0.4, -0.2) is 39.1 Å². The van der Waals surface area contributed by atoms with E-state index in [1.807, 2.05) is 25.1 Å². The normalized spacial score (nSPS) is 18.4. The number of anilines is 1. The van der Waals surface area contributed by atoms with E-state index in [4.69, 9.17) is 0 Å². The van der Waals surface area contributed by atoms with E-state index in [1.165, 1.54) is 0 Å². The maximum Gasteiger partial charge on any atom is 0.325 e. The first kappa shape index (κ1) is 19.4. The van der Waals surface area contributed by atoms with Gasteiger partial charge in [-0.2, -0.15) is 5.10 Å². The van der Waals surface area contributed by atoms with E-state index in [0.29, 0.717) is 11.3 Å². The summed E-state index contributed by atoms with van der Waals surface area (Å²) in [6.07, 6.45) is 3.45. The van der Waals surface area contributed by atoms with Gasteiger partial charge in [0.2, 0.25) is 5.91 Å². The third kappa shape index (κ3) is 3.55. The van der Waals surface area contributed by atoms with Gasteiger partial charge in [-0.05, 0) is 43.7 Å². The van der Waals surface area contributed by atoms with Crippen molar-refractivity contribution in [3.05, 3.63) is 78.1 Å². The average molecular weight is 403 g/mol. The number of benzene rings is 2. The molecule has 2 N–H and O–H groups in total. The number of aromatic nitrogens is 2. The summed E-state index contributed by atoms with van der Waals surface area (Å²) in [4.78, 5) is 38.9. The highest BCUT2D eigenvalue weighted by molar-refractivity contribution is 6.10. The van der Waals surface area contributed by atoms with Gasteiger partial charge in [-0.3, -0.25) is 14.5 Å². The molecule has 8 heteroatoms. The van der Waals surface area contributed by atoms with Gasteiger partial charge >= 0.3 is 6.03 Å². The van der Waals surface area contributed by atoms with Crippen molar-refractivity contribution in [3.63, 3.8) is 0 Å². The number of nitrogens with one attached hydrogen (secondary N) is 2. The predicted octanol–water partition coefficient (Wildman–Crippen LogP) is 2.59. The predicted molar refractivity (Wildman–Crippen MR) is 111 cm³/mol. The van der Waals surface area contributed by atoms with Crippen molar-refractivity contribution in [2.75, 3.05) is 11.9 Å². The van der Waals surface area contributed by atoms with Crippen LogP contribution in [0.25, 0.3) is 5.69 Å². The molecule has 1 saturated heterocycles. The molecule has 1 unspecified atom stereocenters. The largest absolute Gasteiger partial charge is 0.325 e. The molecule has 0 saturated carbocycles. The van der Waals surface area contributed by atoms with Gasteiger partial charge in [0.15, 0.2) is 0 Å². The molecule has 152 valence electrons. The van der Waals surface area contributed by atoms with E-state index in [1.54, 1.807) is 60.4 Å². The molecule has 1 atom stereocenters. The van der Waals surface area contributed by atoms with Crippen molar-refractivity contribution < 1.29 is 14.4 Å². The molecule has 0 spiro atoms. The first-order valence-electron chi connectivity index (χ1n) is 9.48. The zero-order chi connectivity index (χ0) is 21.3. The molecule has 0 bridgehead atoms. The Kier molecular flexibility index (Phi) is 4.83. The van der Waals surface area contributed by atoms with Crippen LogP contribution in [0.3, 0.4) is 0 Å². The van der Waals surface area contributed by atoms with E-state index in [0.717, 1.165) is 16.2 Å². The second-order valence-electron chi connectivity index (χ2n) is 7.36. The highest BCUT2D eigenvalue weighted by atomic mass is 16.2. The number of amides is 4. The third-order valence-electron chi connectivity index (χ3n) is 5.10. The van der Waals surface area contributed by atoms with Crippen LogP contribution in [0.15, 0.2) is 67.0 Å². The zero-order valence-corrected chi connectivity index (χ0v) is 16.6. The number of hydrogen-bond acceptors (Lipinski definition) is 4. The lowest BCUT2D eigenvalue weighted by atomic mass is 9.91. The van der Waals surface area contributed by atoms with Crippen molar-refractivity contribution >= 4 is 23.5 Å². The second kappa shape index (κ2) is 7.47. The summed E-state index contributed by atoms with van der Waals surface area (Å²) < 4.78 is 1.67. The van der Waals surface area contributed by atoms with E-state index >= 15 is 0 Å². The Morgan fingerprint density at radius 1 is 1.13 bits per heavy atom. The minimum Gasteiger partial charge on any atom is -0.324 e. The van der Waals surface area contributed by atoms with Gasteiger partial charge in [0, 0.05) is 18.1 Å². The van der Waals surface area contributed by atoms with Gasteiger partial charge in [0.25, 0.3) is 5.91 Å². The Balaban J connectivity index is 1.47. The molecule has 0 radical (unpaired) electrons. The van der Waals surface area contributed by atoms with Crippen molar-refractivity contribution in [1.29, 1.82) is 0 Å². The zero-order valence-electron chi connectivity index (χ0n) is 16.6. The molecule has 8 nitrogen and oxygen atoms in total. The SMILES string of the molecule is Cc1ccc(C2(C)NC(=O)N(CC(=O)Nc3cccc(-n4cccn4)c3)C2=O)cc1. The van der Waals surface area contributed by atoms with Crippen molar-refractivity contribution in [2.24, 2.45) is 0 Å². The van der Waals surface area contributed by atoms with Crippen LogP contribution < -0.4 is 10.6 Å². The summed E-state index contributed by atoms with van der Waals surface area (Å²) in [5.74, 6) is -0.930. The van der Waals surface area contributed by atoms with Gasteiger partial charge in [-0.1, -0.05) is 35.9 Å². The highest BCUT2D eigenvalue weighted by Crippen LogP contribution is 2.29. The van der Waals surface area contributed by atoms with Gasteiger partial charge in [0.1, 0.15) is 12.1 Å². The molecule has 30 heavy (non-hydrogen) atoms. The molecular formula is C22H21N5O3. The summed E-state index contributed by atoms with van der Waals surface area (Å²) in [6.45, 7) is 3.21. The van der Waals surface area contributed by atoms with E-state index in [2.05, 4.69) is 15.7 Å². The van der Waals surface area contributed by atoms with Crippen LogP contribution in [0.4, 0.5) is 10.5 Å². The molecule has 3 aromatic rings. The Morgan fingerprint density at radius 3 is 2.60 bits per heavy atom. The average Bonchev–Trinajstić information content (AvgIpc) is 3.33. The van der Waals surface area contributed by atoms with Crippen molar-refractivity contribution in [1.82, 2.24) is 20.0 Å². The molecule has 1 aliphatic rings. The number of rotatable bonds is 5. The fraction of sp³-hybridized carbons (Fsp3) is 0.182. The molecule has 4 rings (SSSR count). The summed E-state index contributed by atoms with van der Waals surface area (Å²) in [5, 5.41) is 9.60. The number of carbonyl (C=O) groups excluding carboxylic acids is 3. The summed E-state index contributed by atoms with van der Waals surface area (Å²) in [7, 11) is 0. The molecule has 1 fully saturated rings. The lowest BCUT2D eigenvalue weighted by Gasteiger charge is -2.22.